The third-order valence-electron chi connectivity index (χ3n) is 3.17. The van der Waals surface area contributed by atoms with Gasteiger partial charge in [0.2, 0.25) is 0 Å². The molecule has 0 bridgehead atoms. The predicted molar refractivity (Wildman–Crippen MR) is 77.8 cm³/mol. The van der Waals surface area contributed by atoms with Crippen LogP contribution in [0.4, 0.5) is 0 Å². The number of hydrogen-bond acceptors (Lipinski definition) is 4. The third-order valence-corrected chi connectivity index (χ3v) is 3.94. The SMILES string of the molecule is Cc1c(C(=O)N(C)Cc2nccs2)nc2ccccn12. The van der Waals surface area contributed by atoms with Crippen LogP contribution in [0.1, 0.15) is 21.2 Å². The summed E-state index contributed by atoms with van der Waals surface area (Å²) in [6, 6.07) is 5.73. The standard InChI is InChI=1S/C14H14N4OS/c1-10-13(16-11-5-3-4-7-18(10)11)14(19)17(2)9-12-15-6-8-20-12/h3-8H,9H2,1-2H3. The van der Waals surface area contributed by atoms with Gasteiger partial charge in [-0.1, -0.05) is 6.07 Å². The molecule has 20 heavy (non-hydrogen) atoms. The zero-order valence-corrected chi connectivity index (χ0v) is 12.1. The molecule has 5 nitrogen and oxygen atoms in total. The van der Waals surface area contributed by atoms with Crippen molar-refractivity contribution in [3.63, 3.8) is 0 Å². The Morgan fingerprint density at radius 3 is 3.00 bits per heavy atom. The minimum absolute atomic E-state index is 0.0820. The van der Waals surface area contributed by atoms with E-state index in [4.69, 9.17) is 0 Å². The highest BCUT2D eigenvalue weighted by molar-refractivity contribution is 7.09. The molecule has 0 fully saturated rings. The quantitative estimate of drug-likeness (QED) is 0.742. The molecule has 0 saturated heterocycles. The van der Waals surface area contributed by atoms with Gasteiger partial charge in [-0.05, 0) is 19.1 Å². The number of rotatable bonds is 3. The second-order valence-electron chi connectivity index (χ2n) is 4.56. The molecule has 3 rings (SSSR count). The Labute approximate surface area is 120 Å². The number of imidazole rings is 1. The lowest BCUT2D eigenvalue weighted by atomic mass is 10.3. The molecule has 0 spiro atoms. The highest BCUT2D eigenvalue weighted by Crippen LogP contribution is 2.15. The van der Waals surface area contributed by atoms with Crippen LogP contribution in [0.3, 0.4) is 0 Å². The molecule has 3 aromatic heterocycles. The average molecular weight is 286 g/mol. The van der Waals surface area contributed by atoms with Gasteiger partial charge in [-0.15, -0.1) is 11.3 Å². The van der Waals surface area contributed by atoms with Gasteiger partial charge in [0.15, 0.2) is 0 Å². The maximum atomic E-state index is 12.5. The van der Waals surface area contributed by atoms with Gasteiger partial charge in [-0.2, -0.15) is 0 Å². The number of carbonyl (C=O) groups is 1. The third kappa shape index (κ3) is 2.18. The number of hydrogen-bond donors (Lipinski definition) is 0. The van der Waals surface area contributed by atoms with E-state index in [0.29, 0.717) is 12.2 Å². The molecule has 0 N–H and O–H groups in total. The summed E-state index contributed by atoms with van der Waals surface area (Å²) in [6.45, 7) is 2.41. The zero-order chi connectivity index (χ0) is 14.1. The van der Waals surface area contributed by atoms with Crippen LogP contribution in [0.5, 0.6) is 0 Å². The fraction of sp³-hybridized carbons (Fsp3) is 0.214. The number of amides is 1. The summed E-state index contributed by atoms with van der Waals surface area (Å²) in [6.07, 6.45) is 3.66. The highest BCUT2D eigenvalue weighted by Gasteiger charge is 2.19. The molecule has 0 radical (unpaired) electrons. The Morgan fingerprint density at radius 2 is 2.30 bits per heavy atom. The van der Waals surface area contributed by atoms with E-state index in [1.165, 1.54) is 0 Å². The van der Waals surface area contributed by atoms with Gasteiger partial charge in [-0.25, -0.2) is 9.97 Å². The number of aromatic nitrogens is 3. The van der Waals surface area contributed by atoms with Crippen molar-refractivity contribution in [3.8, 4) is 0 Å². The first-order valence-electron chi connectivity index (χ1n) is 6.24. The maximum absolute atomic E-state index is 12.5. The number of thiazole rings is 1. The number of aryl methyl sites for hydroxylation is 1. The topological polar surface area (TPSA) is 50.5 Å². The van der Waals surface area contributed by atoms with Crippen molar-refractivity contribution in [2.45, 2.75) is 13.5 Å². The van der Waals surface area contributed by atoms with Crippen LogP contribution in [0, 0.1) is 6.92 Å². The van der Waals surface area contributed by atoms with Gasteiger partial charge in [0.05, 0.1) is 12.2 Å². The number of carbonyl (C=O) groups excluding carboxylic acids is 1. The summed E-state index contributed by atoms with van der Waals surface area (Å²) >= 11 is 1.54. The molecule has 0 aliphatic carbocycles. The first kappa shape index (κ1) is 12.8. The molecule has 3 aromatic rings. The summed E-state index contributed by atoms with van der Waals surface area (Å²) < 4.78 is 1.92. The van der Waals surface area contributed by atoms with Gasteiger partial charge < -0.3 is 9.30 Å². The van der Waals surface area contributed by atoms with Crippen molar-refractivity contribution < 1.29 is 4.79 Å². The van der Waals surface area contributed by atoms with Gasteiger partial charge >= 0.3 is 0 Å². The van der Waals surface area contributed by atoms with Crippen LogP contribution in [-0.4, -0.2) is 32.2 Å². The van der Waals surface area contributed by atoms with Crippen LogP contribution >= 0.6 is 11.3 Å². The van der Waals surface area contributed by atoms with Crippen molar-refractivity contribution >= 4 is 22.9 Å². The average Bonchev–Trinajstić information content (AvgIpc) is 3.07. The molecule has 102 valence electrons. The predicted octanol–water partition coefficient (Wildman–Crippen LogP) is 2.37. The van der Waals surface area contributed by atoms with Crippen molar-refractivity contribution in [1.29, 1.82) is 0 Å². The van der Waals surface area contributed by atoms with Crippen LogP contribution in [0.15, 0.2) is 36.0 Å². The smallest absolute Gasteiger partial charge is 0.274 e. The minimum atomic E-state index is -0.0820. The summed E-state index contributed by atoms with van der Waals surface area (Å²) in [7, 11) is 1.77. The van der Waals surface area contributed by atoms with Crippen LogP contribution in [0.2, 0.25) is 0 Å². The first-order valence-corrected chi connectivity index (χ1v) is 7.12. The maximum Gasteiger partial charge on any atom is 0.274 e. The van der Waals surface area contributed by atoms with E-state index in [0.717, 1.165) is 16.3 Å². The molecule has 0 aliphatic rings. The lowest BCUT2D eigenvalue weighted by Crippen LogP contribution is -2.27. The molecule has 3 heterocycles. The van der Waals surface area contributed by atoms with E-state index in [1.54, 1.807) is 29.5 Å². The lowest BCUT2D eigenvalue weighted by Gasteiger charge is -2.14. The Morgan fingerprint density at radius 1 is 1.45 bits per heavy atom. The molecule has 0 aromatic carbocycles. The number of pyridine rings is 1. The summed E-state index contributed by atoms with van der Waals surface area (Å²) in [5, 5.41) is 2.83. The molecular weight excluding hydrogens is 272 g/mol. The van der Waals surface area contributed by atoms with Crippen molar-refractivity contribution in [2.75, 3.05) is 7.05 Å². The van der Waals surface area contributed by atoms with Crippen LogP contribution in [0.25, 0.3) is 5.65 Å². The Balaban J connectivity index is 1.90. The molecule has 0 unspecified atom stereocenters. The molecule has 6 heteroatoms. The van der Waals surface area contributed by atoms with Crippen molar-refractivity contribution in [3.05, 3.63) is 52.4 Å². The molecule has 1 amide bonds. The fourth-order valence-corrected chi connectivity index (χ4v) is 2.78. The van der Waals surface area contributed by atoms with Gasteiger partial charge in [0, 0.05) is 24.8 Å². The van der Waals surface area contributed by atoms with Gasteiger partial charge in [0.25, 0.3) is 5.91 Å². The Kier molecular flexibility index (Phi) is 3.23. The summed E-state index contributed by atoms with van der Waals surface area (Å²) in [5.41, 5.74) is 2.14. The second-order valence-corrected chi connectivity index (χ2v) is 5.54. The van der Waals surface area contributed by atoms with Crippen LogP contribution < -0.4 is 0 Å². The van der Waals surface area contributed by atoms with Crippen molar-refractivity contribution in [2.24, 2.45) is 0 Å². The van der Waals surface area contributed by atoms with E-state index in [-0.39, 0.29) is 5.91 Å². The summed E-state index contributed by atoms with van der Waals surface area (Å²) in [5.74, 6) is -0.0820. The molecular formula is C14H14N4OS. The highest BCUT2D eigenvalue weighted by atomic mass is 32.1. The summed E-state index contributed by atoms with van der Waals surface area (Å²) in [4.78, 5) is 22.7. The number of fused-ring (bicyclic) bond motifs is 1. The monoisotopic (exact) mass is 286 g/mol. The van der Waals surface area contributed by atoms with E-state index < -0.39 is 0 Å². The molecule has 0 aliphatic heterocycles. The number of nitrogens with zero attached hydrogens (tertiary/aromatic N) is 4. The minimum Gasteiger partial charge on any atom is -0.334 e. The van der Waals surface area contributed by atoms with Gasteiger partial charge in [-0.3, -0.25) is 4.79 Å². The first-order chi connectivity index (χ1) is 9.66. The zero-order valence-electron chi connectivity index (χ0n) is 11.3. The van der Waals surface area contributed by atoms with E-state index >= 15 is 0 Å². The van der Waals surface area contributed by atoms with E-state index in [1.807, 2.05) is 41.1 Å². The van der Waals surface area contributed by atoms with Crippen molar-refractivity contribution in [1.82, 2.24) is 19.3 Å². The second kappa shape index (κ2) is 5.05. The van der Waals surface area contributed by atoms with Gasteiger partial charge in [0.1, 0.15) is 16.3 Å². The normalized spacial score (nSPS) is 10.9. The molecule has 0 saturated carbocycles. The Hall–Kier alpha value is -2.21. The largest absolute Gasteiger partial charge is 0.334 e. The lowest BCUT2D eigenvalue weighted by molar-refractivity contribution is 0.0779. The fourth-order valence-electron chi connectivity index (χ4n) is 2.11. The van der Waals surface area contributed by atoms with Crippen LogP contribution in [-0.2, 0) is 6.54 Å². The molecule has 0 atom stereocenters. The van der Waals surface area contributed by atoms with E-state index in [9.17, 15) is 4.79 Å². The van der Waals surface area contributed by atoms with E-state index in [2.05, 4.69) is 9.97 Å². The Bertz CT molecular complexity index is 748.